The van der Waals surface area contributed by atoms with Crippen molar-refractivity contribution >= 4 is 30.4 Å². The van der Waals surface area contributed by atoms with Gasteiger partial charge in [-0.15, -0.1) is 0 Å². The topological polar surface area (TPSA) is 132 Å². The summed E-state index contributed by atoms with van der Waals surface area (Å²) in [5, 5.41) is 0.460. The number of anilines is 1. The van der Waals surface area contributed by atoms with Gasteiger partial charge >= 0.3 is 12.3 Å². The molecule has 0 spiro atoms. The number of alkyl halides is 3. The number of aromatic nitrogens is 1. The third-order valence-corrected chi connectivity index (χ3v) is 5.44. The Morgan fingerprint density at radius 2 is 1.94 bits per heavy atom. The normalized spacial score (nSPS) is 18.4. The molecular formula is C20H15F3N2O7P-. The van der Waals surface area contributed by atoms with Gasteiger partial charge in [0.15, 0.2) is 0 Å². The van der Waals surface area contributed by atoms with E-state index >= 15 is 0 Å². The maximum Gasteiger partial charge on any atom is 0.417 e. The van der Waals surface area contributed by atoms with Gasteiger partial charge in [-0.25, -0.2) is 4.79 Å². The Labute approximate surface area is 183 Å². The van der Waals surface area contributed by atoms with Crippen LogP contribution in [-0.2, 0) is 20.0 Å². The molecule has 1 aliphatic heterocycles. The van der Waals surface area contributed by atoms with Gasteiger partial charge < -0.3 is 24.0 Å². The van der Waals surface area contributed by atoms with Crippen LogP contribution in [0.15, 0.2) is 53.3 Å². The molecule has 3 aromatic rings. The zero-order chi connectivity index (χ0) is 24.0. The van der Waals surface area contributed by atoms with Crippen LogP contribution in [0.5, 0.6) is 0 Å². The summed E-state index contributed by atoms with van der Waals surface area (Å²) in [6.07, 6.45) is -6.42. The van der Waals surface area contributed by atoms with E-state index in [1.54, 1.807) is 0 Å². The second kappa shape index (κ2) is 8.31. The monoisotopic (exact) mass is 483 g/mol. The van der Waals surface area contributed by atoms with Gasteiger partial charge in [0, 0.05) is 22.3 Å². The quantitative estimate of drug-likeness (QED) is 0.533. The van der Waals surface area contributed by atoms with Crippen LogP contribution >= 0.6 is 7.82 Å². The first kappa shape index (κ1) is 23.0. The Morgan fingerprint density at radius 1 is 1.21 bits per heavy atom. The number of carbonyl (C=O) groups is 1. The fraction of sp³-hybridized carbons (Fsp3) is 0.200. The van der Waals surface area contributed by atoms with Gasteiger partial charge in [0.05, 0.1) is 18.7 Å². The number of halogens is 3. The number of amides is 1. The van der Waals surface area contributed by atoms with E-state index in [4.69, 9.17) is 9.63 Å². The molecule has 0 saturated carbocycles. The lowest BCUT2D eigenvalue weighted by molar-refractivity contribution is -0.221. The molecule has 1 fully saturated rings. The third-order valence-electron chi connectivity index (χ3n) is 4.96. The number of nitrogens with zero attached hydrogens (tertiary/aromatic N) is 1. The number of phosphoric acid groups is 1. The number of rotatable bonds is 5. The number of aromatic amines is 1. The molecule has 1 unspecified atom stereocenters. The lowest BCUT2D eigenvalue weighted by Crippen LogP contribution is -2.26. The van der Waals surface area contributed by atoms with Gasteiger partial charge in [0.2, 0.25) is 0 Å². The van der Waals surface area contributed by atoms with Gasteiger partial charge in [-0.1, -0.05) is 24.3 Å². The van der Waals surface area contributed by atoms with Crippen molar-refractivity contribution in [2.45, 2.75) is 12.3 Å². The smallest absolute Gasteiger partial charge is 0.417 e. The largest absolute Gasteiger partial charge is 0.756 e. The zero-order valence-corrected chi connectivity index (χ0v) is 17.4. The minimum absolute atomic E-state index is 0.0167. The molecule has 1 amide bonds. The molecular weight excluding hydrogens is 468 g/mol. The average Bonchev–Trinajstić information content (AvgIpc) is 3.11. The van der Waals surface area contributed by atoms with Crippen molar-refractivity contribution in [3.05, 3.63) is 64.4 Å². The van der Waals surface area contributed by atoms with E-state index in [1.807, 2.05) is 0 Å². The Kier molecular flexibility index (Phi) is 5.79. The second-order valence-electron chi connectivity index (χ2n) is 7.21. The highest BCUT2D eigenvalue weighted by molar-refractivity contribution is 7.44. The molecule has 1 saturated heterocycles. The summed E-state index contributed by atoms with van der Waals surface area (Å²) in [4.78, 5) is 47.8. The number of benzene rings is 2. The molecule has 2 atom stereocenters. The number of nitrogens with one attached hydrogen (secondary N) is 1. The van der Waals surface area contributed by atoms with Crippen LogP contribution in [0.1, 0.15) is 5.56 Å². The lowest BCUT2D eigenvalue weighted by Gasteiger charge is -2.17. The highest BCUT2D eigenvalue weighted by atomic mass is 31.2. The molecule has 174 valence electrons. The van der Waals surface area contributed by atoms with E-state index in [0.717, 1.165) is 11.0 Å². The Bertz CT molecular complexity index is 1340. The number of hydrogen-bond donors (Lipinski definition) is 2. The summed E-state index contributed by atoms with van der Waals surface area (Å²) >= 11 is 0. The van der Waals surface area contributed by atoms with Gasteiger partial charge in [-0.05, 0) is 29.7 Å². The Morgan fingerprint density at radius 3 is 2.64 bits per heavy atom. The molecule has 1 aromatic heterocycles. The number of cyclic esters (lactones) is 1. The van der Waals surface area contributed by atoms with Crippen molar-refractivity contribution < 1.29 is 41.6 Å². The first-order chi connectivity index (χ1) is 15.4. The molecule has 13 heteroatoms. The molecule has 0 aliphatic carbocycles. The zero-order valence-electron chi connectivity index (χ0n) is 16.5. The Balaban J connectivity index is 1.66. The standard InChI is InChI=1S/C20H16F3N2O7P/c21-20(22,23)16-4-2-1-3-14(16)17-7-11-5-6-12(8-15(11)18(26)24-17)25-9-13(32-19(25)27)10-31-33(28,29)30/h1-8,13H,9-10H2,(H,24,26)(H2,28,29,30)/p-1/t13-/m0/s1. The van der Waals surface area contributed by atoms with Crippen molar-refractivity contribution in [3.63, 3.8) is 0 Å². The summed E-state index contributed by atoms with van der Waals surface area (Å²) in [7, 11) is -4.99. The van der Waals surface area contributed by atoms with E-state index in [0.29, 0.717) is 5.39 Å². The van der Waals surface area contributed by atoms with E-state index in [9.17, 15) is 32.2 Å². The van der Waals surface area contributed by atoms with Gasteiger partial charge in [-0.3, -0.25) is 14.3 Å². The summed E-state index contributed by atoms with van der Waals surface area (Å²) in [5.41, 5.74) is -1.51. The summed E-state index contributed by atoms with van der Waals surface area (Å²) in [5.74, 6) is 0. The van der Waals surface area contributed by atoms with Crippen molar-refractivity contribution in [3.8, 4) is 11.3 Å². The van der Waals surface area contributed by atoms with Crippen molar-refractivity contribution in [2.75, 3.05) is 18.1 Å². The molecule has 9 nitrogen and oxygen atoms in total. The molecule has 1 aliphatic rings. The van der Waals surface area contributed by atoms with Gasteiger partial charge in [0.25, 0.3) is 13.4 Å². The highest BCUT2D eigenvalue weighted by Gasteiger charge is 2.34. The van der Waals surface area contributed by atoms with Gasteiger partial charge in [-0.2, -0.15) is 13.2 Å². The third kappa shape index (κ3) is 4.93. The molecule has 2 aromatic carbocycles. The van der Waals surface area contributed by atoms with E-state index in [-0.39, 0.29) is 28.9 Å². The van der Waals surface area contributed by atoms with Crippen LogP contribution in [-0.4, -0.2) is 35.2 Å². The van der Waals surface area contributed by atoms with Crippen LogP contribution in [0.25, 0.3) is 22.0 Å². The van der Waals surface area contributed by atoms with Crippen molar-refractivity contribution in [1.29, 1.82) is 0 Å². The first-order valence-corrected chi connectivity index (χ1v) is 10.9. The fourth-order valence-electron chi connectivity index (χ4n) is 3.52. The van der Waals surface area contributed by atoms with Gasteiger partial charge in [0.1, 0.15) is 6.10 Å². The predicted octanol–water partition coefficient (Wildman–Crippen LogP) is 3.02. The number of fused-ring (bicyclic) bond motifs is 1. The van der Waals surface area contributed by atoms with Crippen LogP contribution in [0, 0.1) is 0 Å². The van der Waals surface area contributed by atoms with E-state index in [1.165, 1.54) is 42.5 Å². The molecule has 2 N–H and O–H groups in total. The predicted molar refractivity (Wildman–Crippen MR) is 108 cm³/mol. The van der Waals surface area contributed by atoms with Crippen LogP contribution in [0.2, 0.25) is 0 Å². The number of pyridine rings is 1. The van der Waals surface area contributed by atoms with Crippen LogP contribution in [0.4, 0.5) is 23.7 Å². The molecule has 4 rings (SSSR count). The van der Waals surface area contributed by atoms with Crippen LogP contribution < -0.4 is 15.4 Å². The first-order valence-electron chi connectivity index (χ1n) is 9.42. The van der Waals surface area contributed by atoms with Crippen LogP contribution in [0.3, 0.4) is 0 Å². The summed E-state index contributed by atoms with van der Waals surface area (Å²) in [6.45, 7) is -0.699. The minimum Gasteiger partial charge on any atom is -0.756 e. The van der Waals surface area contributed by atoms with Crippen molar-refractivity contribution in [2.24, 2.45) is 0 Å². The molecule has 0 bridgehead atoms. The van der Waals surface area contributed by atoms with E-state index < -0.39 is 43.9 Å². The summed E-state index contributed by atoms with van der Waals surface area (Å²) < 4.78 is 60.0. The summed E-state index contributed by atoms with van der Waals surface area (Å²) in [6, 6.07) is 10.6. The molecule has 33 heavy (non-hydrogen) atoms. The van der Waals surface area contributed by atoms with Crippen molar-refractivity contribution in [1.82, 2.24) is 4.98 Å². The number of carbonyl (C=O) groups excluding carboxylic acids is 1. The fourth-order valence-corrected chi connectivity index (χ4v) is 3.88. The SMILES string of the molecule is O=C1O[C@H](COP(=O)([O-])O)CN1c1ccc2cc(-c3ccccc3C(F)(F)F)[nH]c(=O)c2c1. The lowest BCUT2D eigenvalue weighted by atomic mass is 10.0. The number of phosphoric ester groups is 1. The molecule has 2 heterocycles. The number of ether oxygens (including phenoxy) is 1. The minimum atomic E-state index is -4.99. The molecule has 0 radical (unpaired) electrons. The van der Waals surface area contributed by atoms with E-state index in [2.05, 4.69) is 9.51 Å². The number of H-pyrrole nitrogens is 1. The Hall–Kier alpha value is -3.18. The second-order valence-corrected chi connectivity index (χ2v) is 8.40. The maximum atomic E-state index is 13.4. The number of hydrogen-bond acceptors (Lipinski definition) is 6. The highest BCUT2D eigenvalue weighted by Crippen LogP contribution is 2.37. The maximum absolute atomic E-state index is 13.4. The average molecular weight is 483 g/mol.